The lowest BCUT2D eigenvalue weighted by Gasteiger charge is -2.13. The highest BCUT2D eigenvalue weighted by Gasteiger charge is 2.14. The van der Waals surface area contributed by atoms with Crippen LogP contribution in [0.5, 0.6) is 0 Å². The molecule has 28 heavy (non-hydrogen) atoms. The summed E-state index contributed by atoms with van der Waals surface area (Å²) in [4.78, 5) is 17.7. The van der Waals surface area contributed by atoms with E-state index in [4.69, 9.17) is 16.3 Å². The highest BCUT2D eigenvalue weighted by molar-refractivity contribution is 7.98. The lowest BCUT2D eigenvalue weighted by Crippen LogP contribution is -2.24. The molecule has 0 aliphatic heterocycles. The number of rotatable bonds is 10. The van der Waals surface area contributed by atoms with Crippen molar-refractivity contribution in [1.82, 2.24) is 29.8 Å². The van der Waals surface area contributed by atoms with Gasteiger partial charge in [0.2, 0.25) is 0 Å². The van der Waals surface area contributed by atoms with E-state index in [1.54, 1.807) is 29.9 Å². The first kappa shape index (κ1) is 20.8. The first-order valence-corrected chi connectivity index (χ1v) is 10.6. The number of fused-ring (bicyclic) bond motifs is 1. The Bertz CT molecular complexity index is 990. The number of benzene rings is 1. The van der Waals surface area contributed by atoms with Gasteiger partial charge in [0.05, 0.1) is 16.7 Å². The molecular formula is C18H23ClN6O2S. The summed E-state index contributed by atoms with van der Waals surface area (Å²) in [5.41, 5.74) is 0.513. The van der Waals surface area contributed by atoms with Gasteiger partial charge in [-0.2, -0.15) is 0 Å². The van der Waals surface area contributed by atoms with Crippen LogP contribution in [0.3, 0.4) is 0 Å². The van der Waals surface area contributed by atoms with Crippen LogP contribution in [-0.4, -0.2) is 43.5 Å². The number of nitrogens with zero attached hydrogens (tertiary/aromatic N) is 6. The summed E-state index contributed by atoms with van der Waals surface area (Å²) in [5.74, 6) is 1.29. The molecule has 0 atom stereocenters. The standard InChI is InChI=1S/C18H23ClN6O2S/c1-3-4-9-25-16(21-22-23-25)12-28-18-20-15-11-13(19)6-7-14(15)17(26)24(18)8-5-10-27-2/h6-7,11H,3-5,8-10,12H2,1-2H3. The van der Waals surface area contributed by atoms with Gasteiger partial charge in [-0.1, -0.05) is 36.7 Å². The van der Waals surface area contributed by atoms with Crippen molar-refractivity contribution in [3.63, 3.8) is 0 Å². The lowest BCUT2D eigenvalue weighted by molar-refractivity contribution is 0.189. The average molecular weight is 423 g/mol. The van der Waals surface area contributed by atoms with Gasteiger partial charge in [-0.05, 0) is 41.5 Å². The number of tetrazole rings is 1. The maximum Gasteiger partial charge on any atom is 0.262 e. The van der Waals surface area contributed by atoms with E-state index >= 15 is 0 Å². The number of thioether (sulfide) groups is 1. The number of halogens is 1. The van der Waals surface area contributed by atoms with Crippen molar-refractivity contribution in [3.05, 3.63) is 39.4 Å². The first-order chi connectivity index (χ1) is 13.6. The van der Waals surface area contributed by atoms with Crippen molar-refractivity contribution in [2.45, 2.75) is 50.2 Å². The molecule has 0 aliphatic carbocycles. The predicted molar refractivity (Wildman–Crippen MR) is 110 cm³/mol. The van der Waals surface area contributed by atoms with Crippen LogP contribution in [0, 0.1) is 0 Å². The van der Waals surface area contributed by atoms with Gasteiger partial charge in [-0.3, -0.25) is 9.36 Å². The van der Waals surface area contributed by atoms with Crippen LogP contribution in [0.1, 0.15) is 32.0 Å². The summed E-state index contributed by atoms with van der Waals surface area (Å²) in [5, 5.41) is 13.7. The quantitative estimate of drug-likeness (QED) is 0.281. The maximum absolute atomic E-state index is 13.0. The van der Waals surface area contributed by atoms with Crippen molar-refractivity contribution < 1.29 is 4.74 Å². The Hall–Kier alpha value is -1.97. The molecule has 0 radical (unpaired) electrons. The molecule has 0 unspecified atom stereocenters. The lowest BCUT2D eigenvalue weighted by atomic mass is 10.2. The third-order valence-corrected chi connectivity index (χ3v) is 5.48. The van der Waals surface area contributed by atoms with Crippen molar-refractivity contribution >= 4 is 34.3 Å². The van der Waals surface area contributed by atoms with E-state index in [2.05, 4.69) is 27.4 Å². The van der Waals surface area contributed by atoms with Gasteiger partial charge in [0.15, 0.2) is 11.0 Å². The highest BCUT2D eigenvalue weighted by Crippen LogP contribution is 2.23. The van der Waals surface area contributed by atoms with Crippen LogP contribution in [0.25, 0.3) is 10.9 Å². The van der Waals surface area contributed by atoms with Crippen LogP contribution in [0.2, 0.25) is 5.02 Å². The number of unbranched alkanes of at least 4 members (excludes halogenated alkanes) is 1. The molecule has 3 rings (SSSR count). The van der Waals surface area contributed by atoms with Crippen LogP contribution in [0.15, 0.2) is 28.2 Å². The Morgan fingerprint density at radius 2 is 2.11 bits per heavy atom. The molecule has 0 aliphatic rings. The molecule has 0 saturated carbocycles. The van der Waals surface area contributed by atoms with Crippen LogP contribution < -0.4 is 5.56 Å². The van der Waals surface area contributed by atoms with E-state index in [0.717, 1.165) is 31.6 Å². The molecule has 0 saturated heterocycles. The largest absolute Gasteiger partial charge is 0.385 e. The minimum Gasteiger partial charge on any atom is -0.385 e. The summed E-state index contributed by atoms with van der Waals surface area (Å²) in [7, 11) is 1.65. The van der Waals surface area contributed by atoms with Gasteiger partial charge >= 0.3 is 0 Å². The average Bonchev–Trinajstić information content (AvgIpc) is 3.13. The van der Waals surface area contributed by atoms with E-state index in [0.29, 0.717) is 40.0 Å². The van der Waals surface area contributed by atoms with Gasteiger partial charge in [0, 0.05) is 31.8 Å². The monoisotopic (exact) mass is 422 g/mol. The summed E-state index contributed by atoms with van der Waals surface area (Å²) >= 11 is 7.54. The molecule has 2 aromatic heterocycles. The maximum atomic E-state index is 13.0. The predicted octanol–water partition coefficient (Wildman–Crippen LogP) is 3.17. The zero-order valence-electron chi connectivity index (χ0n) is 16.0. The van der Waals surface area contributed by atoms with Crippen molar-refractivity contribution in [2.75, 3.05) is 13.7 Å². The van der Waals surface area contributed by atoms with Crippen LogP contribution in [-0.2, 0) is 23.6 Å². The minimum atomic E-state index is -0.0779. The van der Waals surface area contributed by atoms with Gasteiger partial charge < -0.3 is 4.74 Å². The molecule has 8 nitrogen and oxygen atoms in total. The van der Waals surface area contributed by atoms with E-state index in [1.807, 2.05) is 4.68 Å². The molecule has 0 N–H and O–H groups in total. The topological polar surface area (TPSA) is 87.7 Å². The fourth-order valence-electron chi connectivity index (χ4n) is 2.79. The Morgan fingerprint density at radius 3 is 2.89 bits per heavy atom. The summed E-state index contributed by atoms with van der Waals surface area (Å²) < 4.78 is 8.63. The number of hydrogen-bond acceptors (Lipinski definition) is 7. The van der Waals surface area contributed by atoms with Crippen molar-refractivity contribution in [3.8, 4) is 0 Å². The summed E-state index contributed by atoms with van der Waals surface area (Å²) in [6, 6.07) is 5.15. The molecule has 0 amide bonds. The first-order valence-electron chi connectivity index (χ1n) is 9.21. The van der Waals surface area contributed by atoms with E-state index in [9.17, 15) is 4.79 Å². The third-order valence-electron chi connectivity index (χ3n) is 4.27. The zero-order valence-corrected chi connectivity index (χ0v) is 17.5. The second-order valence-electron chi connectivity index (χ2n) is 6.32. The zero-order chi connectivity index (χ0) is 19.9. The SMILES string of the molecule is CCCCn1nnnc1CSc1nc2cc(Cl)ccc2c(=O)n1CCCOC. The highest BCUT2D eigenvalue weighted by atomic mass is 35.5. The summed E-state index contributed by atoms with van der Waals surface area (Å²) in [6.07, 6.45) is 2.80. The molecule has 0 spiro atoms. The van der Waals surface area contributed by atoms with Crippen molar-refractivity contribution in [1.29, 1.82) is 0 Å². The van der Waals surface area contributed by atoms with E-state index < -0.39 is 0 Å². The van der Waals surface area contributed by atoms with Gasteiger partial charge in [0.1, 0.15) is 0 Å². The molecule has 0 fully saturated rings. The van der Waals surface area contributed by atoms with Gasteiger partial charge in [-0.15, -0.1) is 5.10 Å². The van der Waals surface area contributed by atoms with Gasteiger partial charge in [0.25, 0.3) is 5.56 Å². The van der Waals surface area contributed by atoms with Crippen LogP contribution in [0.4, 0.5) is 0 Å². The Balaban J connectivity index is 1.90. The van der Waals surface area contributed by atoms with Crippen LogP contribution >= 0.6 is 23.4 Å². The molecule has 1 aromatic carbocycles. The van der Waals surface area contributed by atoms with E-state index in [-0.39, 0.29) is 5.56 Å². The fraction of sp³-hybridized carbons (Fsp3) is 0.500. The normalized spacial score (nSPS) is 11.4. The third kappa shape index (κ3) is 4.89. The molecule has 150 valence electrons. The smallest absolute Gasteiger partial charge is 0.262 e. The molecule has 3 aromatic rings. The minimum absolute atomic E-state index is 0.0779. The second kappa shape index (κ2) is 9.99. The molecule has 2 heterocycles. The number of aromatic nitrogens is 6. The number of hydrogen-bond donors (Lipinski definition) is 0. The number of ether oxygens (including phenoxy) is 1. The Morgan fingerprint density at radius 1 is 1.25 bits per heavy atom. The number of aryl methyl sites for hydroxylation is 1. The number of methoxy groups -OCH3 is 1. The van der Waals surface area contributed by atoms with Gasteiger partial charge in [-0.25, -0.2) is 9.67 Å². The molecule has 10 heteroatoms. The second-order valence-corrected chi connectivity index (χ2v) is 7.70. The Labute approximate surface area is 172 Å². The fourth-order valence-corrected chi connectivity index (χ4v) is 3.91. The molecular weight excluding hydrogens is 400 g/mol. The van der Waals surface area contributed by atoms with Crippen molar-refractivity contribution in [2.24, 2.45) is 0 Å². The molecule has 0 bridgehead atoms. The van der Waals surface area contributed by atoms with E-state index in [1.165, 1.54) is 11.8 Å². The Kier molecular flexibility index (Phi) is 7.41. The summed E-state index contributed by atoms with van der Waals surface area (Å²) in [6.45, 7) is 4.01.